The highest BCUT2D eigenvalue weighted by Crippen LogP contribution is 2.20. The van der Waals surface area contributed by atoms with Crippen LogP contribution in [-0.2, 0) is 16.1 Å². The minimum absolute atomic E-state index is 0.166. The normalized spacial score (nSPS) is 18.8. The monoisotopic (exact) mass is 456 g/mol. The van der Waals surface area contributed by atoms with Gasteiger partial charge < -0.3 is 10.2 Å². The Hall–Kier alpha value is -3.17. The van der Waals surface area contributed by atoms with Crippen molar-refractivity contribution < 1.29 is 14.4 Å². The highest BCUT2D eigenvalue weighted by atomic mass is 35.5. The SMILES string of the molecule is O=C1CCC(C(=O)NNC(=O)c2cccnc2N2CCN(Cc3cccc(Cl)c3)CC2)N1. The smallest absolute Gasteiger partial charge is 0.273 e. The number of hydrogen-bond acceptors (Lipinski definition) is 6. The van der Waals surface area contributed by atoms with Crippen LogP contribution in [0.3, 0.4) is 0 Å². The fourth-order valence-corrected chi connectivity index (χ4v) is 4.13. The third-order valence-electron chi connectivity index (χ3n) is 5.61. The van der Waals surface area contributed by atoms with Crippen LogP contribution in [0.5, 0.6) is 0 Å². The topological polar surface area (TPSA) is 107 Å². The number of carbonyl (C=O) groups excluding carboxylic acids is 3. The molecule has 32 heavy (non-hydrogen) atoms. The third-order valence-corrected chi connectivity index (χ3v) is 5.84. The average molecular weight is 457 g/mol. The number of halogens is 1. The zero-order chi connectivity index (χ0) is 22.5. The Labute approximate surface area is 191 Å². The van der Waals surface area contributed by atoms with Gasteiger partial charge >= 0.3 is 0 Å². The van der Waals surface area contributed by atoms with Gasteiger partial charge in [-0.05, 0) is 36.2 Å². The Morgan fingerprint density at radius 1 is 1.12 bits per heavy atom. The first-order valence-electron chi connectivity index (χ1n) is 10.6. The molecular formula is C22H25ClN6O3. The van der Waals surface area contributed by atoms with E-state index in [1.54, 1.807) is 18.3 Å². The molecule has 0 spiro atoms. The van der Waals surface area contributed by atoms with Gasteiger partial charge in [0.05, 0.1) is 5.56 Å². The Balaban J connectivity index is 1.33. The van der Waals surface area contributed by atoms with Gasteiger partial charge in [0, 0.05) is 50.4 Å². The molecule has 2 aliphatic rings. The van der Waals surface area contributed by atoms with Crippen molar-refractivity contribution in [1.82, 2.24) is 26.1 Å². The molecule has 2 saturated heterocycles. The summed E-state index contributed by atoms with van der Waals surface area (Å²) < 4.78 is 0. The summed E-state index contributed by atoms with van der Waals surface area (Å²) in [6.45, 7) is 3.90. The van der Waals surface area contributed by atoms with Crippen molar-refractivity contribution in [2.24, 2.45) is 0 Å². The predicted molar refractivity (Wildman–Crippen MR) is 120 cm³/mol. The molecule has 0 radical (unpaired) electrons. The zero-order valence-corrected chi connectivity index (χ0v) is 18.3. The number of nitrogens with one attached hydrogen (secondary N) is 3. The lowest BCUT2D eigenvalue weighted by Gasteiger charge is -2.36. The molecule has 0 bridgehead atoms. The molecule has 1 unspecified atom stereocenters. The first-order valence-corrected chi connectivity index (χ1v) is 10.9. The van der Waals surface area contributed by atoms with E-state index in [-0.39, 0.29) is 5.91 Å². The predicted octanol–water partition coefficient (Wildman–Crippen LogP) is 1.10. The maximum atomic E-state index is 12.7. The first kappa shape index (κ1) is 22.0. The second-order valence-corrected chi connectivity index (χ2v) is 8.31. The summed E-state index contributed by atoms with van der Waals surface area (Å²) in [6, 6.07) is 10.6. The first-order chi connectivity index (χ1) is 15.5. The number of hydrogen-bond donors (Lipinski definition) is 3. The summed E-state index contributed by atoms with van der Waals surface area (Å²) in [5.41, 5.74) is 6.38. The van der Waals surface area contributed by atoms with Crippen LogP contribution in [0.25, 0.3) is 0 Å². The Morgan fingerprint density at radius 2 is 1.94 bits per heavy atom. The van der Waals surface area contributed by atoms with E-state index in [4.69, 9.17) is 11.6 Å². The molecule has 9 nitrogen and oxygen atoms in total. The molecule has 0 saturated carbocycles. The van der Waals surface area contributed by atoms with E-state index in [1.165, 1.54) is 0 Å². The Morgan fingerprint density at radius 3 is 2.66 bits per heavy atom. The number of pyridine rings is 1. The Bertz CT molecular complexity index is 1010. The maximum absolute atomic E-state index is 12.7. The third kappa shape index (κ3) is 5.35. The average Bonchev–Trinajstić information content (AvgIpc) is 3.24. The molecular weight excluding hydrogens is 432 g/mol. The van der Waals surface area contributed by atoms with Crippen molar-refractivity contribution in [2.75, 3.05) is 31.1 Å². The zero-order valence-electron chi connectivity index (χ0n) is 17.5. The van der Waals surface area contributed by atoms with Crippen LogP contribution < -0.4 is 21.1 Å². The molecule has 1 atom stereocenters. The quantitative estimate of drug-likeness (QED) is 0.582. The van der Waals surface area contributed by atoms with Crippen molar-refractivity contribution in [3.05, 3.63) is 58.7 Å². The minimum atomic E-state index is -0.622. The van der Waals surface area contributed by atoms with Crippen molar-refractivity contribution in [3.63, 3.8) is 0 Å². The van der Waals surface area contributed by atoms with E-state index in [2.05, 4.69) is 37.0 Å². The van der Waals surface area contributed by atoms with Crippen molar-refractivity contribution in [1.29, 1.82) is 0 Å². The van der Waals surface area contributed by atoms with E-state index < -0.39 is 17.9 Å². The van der Waals surface area contributed by atoms with Gasteiger partial charge in [-0.1, -0.05) is 23.7 Å². The molecule has 3 N–H and O–H groups in total. The van der Waals surface area contributed by atoms with E-state index in [0.717, 1.165) is 43.3 Å². The molecule has 2 aromatic rings. The lowest BCUT2D eigenvalue weighted by molar-refractivity contribution is -0.126. The molecule has 168 valence electrons. The lowest BCUT2D eigenvalue weighted by atomic mass is 10.1. The number of amides is 3. The molecule has 0 aliphatic carbocycles. The summed E-state index contributed by atoms with van der Waals surface area (Å²) in [4.78, 5) is 45.0. The van der Waals surface area contributed by atoms with Gasteiger partial charge in [0.1, 0.15) is 11.9 Å². The standard InChI is InChI=1S/C22H25ClN6O3/c23-16-4-1-3-15(13-16)14-28-9-11-29(12-10-28)20-17(5-2-8-24-20)21(31)26-27-22(32)18-6-7-19(30)25-18/h1-5,8,13,18H,6-7,9-12,14H2,(H,25,30)(H,26,31)(H,27,32). The molecule has 10 heteroatoms. The van der Waals surface area contributed by atoms with E-state index in [1.807, 2.05) is 18.2 Å². The van der Waals surface area contributed by atoms with Crippen LogP contribution in [0.15, 0.2) is 42.6 Å². The highest BCUT2D eigenvalue weighted by molar-refractivity contribution is 6.30. The van der Waals surface area contributed by atoms with Crippen LogP contribution in [0.2, 0.25) is 5.02 Å². The Kier molecular flexibility index (Phi) is 6.87. The van der Waals surface area contributed by atoms with E-state index in [9.17, 15) is 14.4 Å². The molecule has 3 heterocycles. The maximum Gasteiger partial charge on any atom is 0.273 e. The van der Waals surface area contributed by atoms with Gasteiger partial charge in [-0.2, -0.15) is 0 Å². The van der Waals surface area contributed by atoms with Gasteiger partial charge in [0.15, 0.2) is 0 Å². The number of anilines is 1. The summed E-state index contributed by atoms with van der Waals surface area (Å²) >= 11 is 6.08. The summed E-state index contributed by atoms with van der Waals surface area (Å²) in [5.74, 6) is -0.479. The molecule has 1 aromatic heterocycles. The fraction of sp³-hybridized carbons (Fsp3) is 0.364. The van der Waals surface area contributed by atoms with Crippen LogP contribution in [0, 0.1) is 0 Å². The number of rotatable bonds is 5. The molecule has 3 amide bonds. The van der Waals surface area contributed by atoms with Crippen molar-refractivity contribution in [3.8, 4) is 0 Å². The summed E-state index contributed by atoms with van der Waals surface area (Å²) in [7, 11) is 0. The largest absolute Gasteiger partial charge is 0.353 e. The highest BCUT2D eigenvalue weighted by Gasteiger charge is 2.28. The van der Waals surface area contributed by atoms with Crippen molar-refractivity contribution in [2.45, 2.75) is 25.4 Å². The second kappa shape index (κ2) is 9.97. The number of aromatic nitrogens is 1. The van der Waals surface area contributed by atoms with Crippen LogP contribution in [0.4, 0.5) is 5.82 Å². The van der Waals surface area contributed by atoms with Crippen LogP contribution in [0.1, 0.15) is 28.8 Å². The van der Waals surface area contributed by atoms with Gasteiger partial charge in [-0.25, -0.2) is 4.98 Å². The molecule has 1 aromatic carbocycles. The molecule has 2 aliphatic heterocycles. The number of benzene rings is 1. The van der Waals surface area contributed by atoms with Gasteiger partial charge in [0.2, 0.25) is 5.91 Å². The van der Waals surface area contributed by atoms with Crippen molar-refractivity contribution >= 4 is 35.1 Å². The summed E-state index contributed by atoms with van der Waals surface area (Å²) in [5, 5.41) is 3.30. The van der Waals surface area contributed by atoms with Gasteiger partial charge in [-0.15, -0.1) is 0 Å². The number of nitrogens with zero attached hydrogens (tertiary/aromatic N) is 3. The fourth-order valence-electron chi connectivity index (χ4n) is 3.92. The van der Waals surface area contributed by atoms with E-state index in [0.29, 0.717) is 24.2 Å². The lowest BCUT2D eigenvalue weighted by Crippen LogP contribution is -2.50. The summed E-state index contributed by atoms with van der Waals surface area (Å²) in [6.07, 6.45) is 2.37. The second-order valence-electron chi connectivity index (χ2n) is 7.87. The minimum Gasteiger partial charge on any atom is -0.353 e. The number of carbonyl (C=O) groups is 3. The van der Waals surface area contributed by atoms with Gasteiger partial charge in [0.25, 0.3) is 11.8 Å². The van der Waals surface area contributed by atoms with E-state index >= 15 is 0 Å². The number of piperazine rings is 1. The van der Waals surface area contributed by atoms with Crippen LogP contribution >= 0.6 is 11.6 Å². The molecule has 2 fully saturated rings. The van der Waals surface area contributed by atoms with Crippen LogP contribution in [-0.4, -0.2) is 59.8 Å². The number of hydrazine groups is 1. The molecule has 4 rings (SSSR count). The van der Waals surface area contributed by atoms with Gasteiger partial charge in [-0.3, -0.25) is 30.1 Å².